The van der Waals surface area contributed by atoms with Gasteiger partial charge in [-0.1, -0.05) is 12.1 Å². The van der Waals surface area contributed by atoms with Crippen molar-refractivity contribution in [2.75, 3.05) is 48.8 Å². The van der Waals surface area contributed by atoms with Crippen LogP contribution in [0.2, 0.25) is 0 Å². The number of rotatable bonds is 17. The van der Waals surface area contributed by atoms with E-state index in [0.29, 0.717) is 39.9 Å². The summed E-state index contributed by atoms with van der Waals surface area (Å²) in [5.74, 6) is 2.40. The van der Waals surface area contributed by atoms with Gasteiger partial charge in [-0.05, 0) is 61.4 Å². The molecule has 44 heavy (non-hydrogen) atoms. The molecule has 0 bridgehead atoms. The van der Waals surface area contributed by atoms with Crippen LogP contribution in [0.25, 0.3) is 0 Å². The Balaban J connectivity index is 1.87. The minimum atomic E-state index is -1.31. The third-order valence-electron chi connectivity index (χ3n) is 6.70. The lowest BCUT2D eigenvalue weighted by Gasteiger charge is -2.27. The maximum atomic E-state index is 11.2. The zero-order valence-electron chi connectivity index (χ0n) is 26.0. The molecule has 0 amide bonds. The minimum absolute atomic E-state index is 0.153. The van der Waals surface area contributed by atoms with Crippen molar-refractivity contribution in [3.63, 3.8) is 0 Å². The molecule has 0 aromatic heterocycles. The average Bonchev–Trinajstić information content (AvgIpc) is 3.04. The molecule has 4 N–H and O–H groups in total. The molecular weight excluding hydrogens is 576 g/mol. The van der Waals surface area contributed by atoms with E-state index in [9.17, 15) is 20.4 Å². The standard InChI is InChI=1S/C32H42O12/c1-18(2)42-32-25(40-6)14-20(15-26(32)41-7)30(36)27(16-33)43-21-12-11-19(13-24(21)39-5)29(35)28(17-34)44-31-22(37-3)9-8-10-23(31)38-4/h8-15,18,27-30,33-36H,16-17H2,1-7H3. The van der Waals surface area contributed by atoms with Crippen LogP contribution in [0.3, 0.4) is 0 Å². The summed E-state index contributed by atoms with van der Waals surface area (Å²) in [4.78, 5) is 0. The number of para-hydroxylation sites is 1. The first kappa shape index (κ1) is 34.4. The molecule has 12 nitrogen and oxygen atoms in total. The molecular formula is C32H42O12. The van der Waals surface area contributed by atoms with Crippen molar-refractivity contribution in [2.45, 2.75) is 44.4 Å². The summed E-state index contributed by atoms with van der Waals surface area (Å²) in [6, 6.07) is 12.8. The van der Waals surface area contributed by atoms with E-state index < -0.39 is 37.6 Å². The fourth-order valence-electron chi connectivity index (χ4n) is 4.47. The third kappa shape index (κ3) is 7.88. The summed E-state index contributed by atoms with van der Waals surface area (Å²) in [6.07, 6.45) is -5.00. The normalized spacial score (nSPS) is 13.8. The lowest BCUT2D eigenvalue weighted by atomic mass is 10.0. The quantitative estimate of drug-likeness (QED) is 0.175. The number of hydrogen-bond acceptors (Lipinski definition) is 12. The van der Waals surface area contributed by atoms with Gasteiger partial charge in [0.1, 0.15) is 12.2 Å². The van der Waals surface area contributed by atoms with Crippen molar-refractivity contribution in [2.24, 2.45) is 0 Å². The van der Waals surface area contributed by atoms with Crippen molar-refractivity contribution >= 4 is 0 Å². The van der Waals surface area contributed by atoms with Gasteiger partial charge >= 0.3 is 0 Å². The molecule has 0 aliphatic heterocycles. The molecule has 0 heterocycles. The molecule has 0 saturated heterocycles. The first-order valence-electron chi connectivity index (χ1n) is 13.9. The van der Waals surface area contributed by atoms with Crippen LogP contribution in [0, 0.1) is 0 Å². The van der Waals surface area contributed by atoms with Gasteiger partial charge in [0.15, 0.2) is 46.7 Å². The van der Waals surface area contributed by atoms with Crippen molar-refractivity contribution in [1.29, 1.82) is 0 Å². The van der Waals surface area contributed by atoms with Gasteiger partial charge in [-0.2, -0.15) is 0 Å². The molecule has 12 heteroatoms. The molecule has 0 aliphatic rings. The van der Waals surface area contributed by atoms with Crippen LogP contribution in [-0.4, -0.2) is 87.5 Å². The molecule has 3 aromatic carbocycles. The third-order valence-corrected chi connectivity index (χ3v) is 6.70. The lowest BCUT2D eigenvalue weighted by molar-refractivity contribution is -0.00340. The van der Waals surface area contributed by atoms with E-state index in [1.807, 2.05) is 13.8 Å². The molecule has 3 aromatic rings. The number of methoxy groups -OCH3 is 5. The largest absolute Gasteiger partial charge is 0.493 e. The Morgan fingerprint density at radius 3 is 1.45 bits per heavy atom. The Hall–Kier alpha value is -4.10. The SMILES string of the molecule is COc1cc(C(O)C(CO)Oc2c(OC)cccc2OC)ccc1OC(CO)C(O)c1cc(OC)c(OC(C)C)c(OC)c1. The van der Waals surface area contributed by atoms with Crippen LogP contribution in [-0.2, 0) is 0 Å². The summed E-state index contributed by atoms with van der Waals surface area (Å²) in [6.45, 7) is 2.65. The fraction of sp³-hybridized carbons (Fsp3) is 0.438. The van der Waals surface area contributed by atoms with Gasteiger partial charge in [-0.25, -0.2) is 0 Å². The highest BCUT2D eigenvalue weighted by Crippen LogP contribution is 2.42. The highest BCUT2D eigenvalue weighted by molar-refractivity contribution is 5.55. The predicted molar refractivity (Wildman–Crippen MR) is 161 cm³/mol. The van der Waals surface area contributed by atoms with Crippen LogP contribution in [0.4, 0.5) is 0 Å². The summed E-state index contributed by atoms with van der Waals surface area (Å²) in [5, 5.41) is 42.6. The fourth-order valence-corrected chi connectivity index (χ4v) is 4.47. The first-order valence-corrected chi connectivity index (χ1v) is 13.9. The van der Waals surface area contributed by atoms with Crippen LogP contribution in [0.1, 0.15) is 37.2 Å². The Morgan fingerprint density at radius 2 is 0.977 bits per heavy atom. The van der Waals surface area contributed by atoms with Gasteiger partial charge in [-0.3, -0.25) is 0 Å². The van der Waals surface area contributed by atoms with Crippen LogP contribution in [0.15, 0.2) is 48.5 Å². The first-order chi connectivity index (χ1) is 21.1. The Morgan fingerprint density at radius 1 is 0.523 bits per heavy atom. The van der Waals surface area contributed by atoms with Gasteiger partial charge in [-0.15, -0.1) is 0 Å². The van der Waals surface area contributed by atoms with Crippen molar-refractivity contribution in [1.82, 2.24) is 0 Å². The average molecular weight is 619 g/mol. The zero-order valence-corrected chi connectivity index (χ0v) is 26.0. The van der Waals surface area contributed by atoms with Crippen molar-refractivity contribution in [3.8, 4) is 46.0 Å². The minimum Gasteiger partial charge on any atom is -0.493 e. The zero-order chi connectivity index (χ0) is 32.4. The maximum Gasteiger partial charge on any atom is 0.203 e. The molecule has 0 radical (unpaired) electrons. The molecule has 4 unspecified atom stereocenters. The van der Waals surface area contributed by atoms with E-state index in [1.54, 1.807) is 36.4 Å². The van der Waals surface area contributed by atoms with Crippen LogP contribution >= 0.6 is 0 Å². The van der Waals surface area contributed by atoms with Gasteiger partial charge < -0.3 is 58.3 Å². The van der Waals surface area contributed by atoms with Crippen molar-refractivity contribution in [3.05, 3.63) is 59.7 Å². The molecule has 0 fully saturated rings. The smallest absolute Gasteiger partial charge is 0.203 e. The highest BCUT2D eigenvalue weighted by Gasteiger charge is 2.29. The summed E-state index contributed by atoms with van der Waals surface area (Å²) >= 11 is 0. The number of ether oxygens (including phenoxy) is 8. The highest BCUT2D eigenvalue weighted by atomic mass is 16.6. The van der Waals surface area contributed by atoms with Gasteiger partial charge in [0.25, 0.3) is 0 Å². The van der Waals surface area contributed by atoms with E-state index in [-0.39, 0.29) is 23.4 Å². The summed E-state index contributed by atoms with van der Waals surface area (Å²) in [7, 11) is 7.28. The molecule has 0 saturated carbocycles. The second kappa shape index (κ2) is 16.1. The Labute approximate surface area is 257 Å². The number of aliphatic hydroxyl groups is 4. The lowest BCUT2D eigenvalue weighted by Crippen LogP contribution is -2.30. The maximum absolute atomic E-state index is 11.2. The van der Waals surface area contributed by atoms with Crippen LogP contribution in [0.5, 0.6) is 46.0 Å². The van der Waals surface area contributed by atoms with Gasteiger partial charge in [0.05, 0.1) is 54.9 Å². The Bertz CT molecular complexity index is 1300. The molecule has 4 atom stereocenters. The number of aliphatic hydroxyl groups excluding tert-OH is 4. The number of hydrogen-bond donors (Lipinski definition) is 4. The molecule has 0 aliphatic carbocycles. The second-order valence-corrected chi connectivity index (χ2v) is 9.89. The van der Waals surface area contributed by atoms with E-state index in [0.717, 1.165) is 0 Å². The molecule has 242 valence electrons. The van der Waals surface area contributed by atoms with E-state index in [1.165, 1.54) is 47.7 Å². The van der Waals surface area contributed by atoms with E-state index >= 15 is 0 Å². The molecule has 3 rings (SSSR count). The van der Waals surface area contributed by atoms with Gasteiger partial charge in [0, 0.05) is 0 Å². The topological polar surface area (TPSA) is 155 Å². The predicted octanol–water partition coefficient (Wildman–Crippen LogP) is 3.46. The summed E-state index contributed by atoms with van der Waals surface area (Å²) < 4.78 is 44.9. The van der Waals surface area contributed by atoms with Crippen molar-refractivity contribution < 1.29 is 58.3 Å². The van der Waals surface area contributed by atoms with E-state index in [4.69, 9.17) is 37.9 Å². The second-order valence-electron chi connectivity index (χ2n) is 9.89. The Kier molecular flexibility index (Phi) is 12.6. The number of benzene rings is 3. The van der Waals surface area contributed by atoms with Gasteiger partial charge in [0.2, 0.25) is 11.5 Å². The molecule has 0 spiro atoms. The van der Waals surface area contributed by atoms with Crippen LogP contribution < -0.4 is 37.9 Å². The summed E-state index contributed by atoms with van der Waals surface area (Å²) in [5.41, 5.74) is 0.702. The van der Waals surface area contributed by atoms with E-state index in [2.05, 4.69) is 0 Å². The monoisotopic (exact) mass is 618 g/mol.